The quantitative estimate of drug-likeness (QED) is 0.735. The summed E-state index contributed by atoms with van der Waals surface area (Å²) in [6, 6.07) is 7.23. The van der Waals surface area contributed by atoms with E-state index in [0.29, 0.717) is 12.1 Å². The Kier molecular flexibility index (Phi) is 5.68. The van der Waals surface area contributed by atoms with E-state index in [-0.39, 0.29) is 18.4 Å². The zero-order chi connectivity index (χ0) is 15.2. The Morgan fingerprint density at radius 3 is 2.71 bits per heavy atom. The molecule has 0 fully saturated rings. The number of nitrogens with one attached hydrogen (secondary N) is 2. The molecule has 0 unspecified atom stereocenters. The molecule has 2 aromatic rings. The van der Waals surface area contributed by atoms with Crippen LogP contribution in [0, 0.1) is 10.5 Å². The molecule has 0 atom stereocenters. The molecule has 1 heterocycles. The predicted octanol–water partition coefficient (Wildman–Crippen LogP) is 2.10. The lowest BCUT2D eigenvalue weighted by Crippen LogP contribution is -2.36. The van der Waals surface area contributed by atoms with Crippen LogP contribution in [-0.2, 0) is 11.3 Å². The van der Waals surface area contributed by atoms with E-state index in [1.807, 2.05) is 24.4 Å². The van der Waals surface area contributed by atoms with Crippen molar-refractivity contribution in [1.82, 2.24) is 15.6 Å². The first kappa shape index (κ1) is 15.9. The summed E-state index contributed by atoms with van der Waals surface area (Å²) >= 11 is 3.59. The van der Waals surface area contributed by atoms with Crippen molar-refractivity contribution in [3.8, 4) is 0 Å². The fourth-order valence-electron chi connectivity index (χ4n) is 1.62. The number of benzene rings is 1. The van der Waals surface area contributed by atoms with Crippen molar-refractivity contribution in [3.63, 3.8) is 0 Å². The maximum absolute atomic E-state index is 11.9. The highest BCUT2D eigenvalue weighted by Gasteiger charge is 2.10. The molecule has 110 valence electrons. The van der Waals surface area contributed by atoms with Gasteiger partial charge in [-0.05, 0) is 41.6 Å². The van der Waals surface area contributed by atoms with Gasteiger partial charge in [-0.15, -0.1) is 11.3 Å². The fourth-order valence-corrected chi connectivity index (χ4v) is 2.97. The van der Waals surface area contributed by atoms with Gasteiger partial charge < -0.3 is 10.6 Å². The highest BCUT2D eigenvalue weighted by Crippen LogP contribution is 2.11. The van der Waals surface area contributed by atoms with Crippen LogP contribution in [0.5, 0.6) is 0 Å². The monoisotopic (exact) mass is 415 g/mol. The van der Waals surface area contributed by atoms with Crippen LogP contribution < -0.4 is 10.6 Å². The summed E-state index contributed by atoms with van der Waals surface area (Å²) in [6.07, 6.45) is 0. The van der Waals surface area contributed by atoms with E-state index >= 15 is 0 Å². The number of carbonyl (C=O) groups excluding carboxylic acids is 2. The Hall–Kier alpha value is -1.48. The summed E-state index contributed by atoms with van der Waals surface area (Å²) in [4.78, 5) is 27.9. The normalized spacial score (nSPS) is 10.2. The van der Waals surface area contributed by atoms with E-state index in [9.17, 15) is 9.59 Å². The first-order chi connectivity index (χ1) is 10.1. The van der Waals surface area contributed by atoms with E-state index in [0.717, 1.165) is 14.3 Å². The second kappa shape index (κ2) is 7.51. The summed E-state index contributed by atoms with van der Waals surface area (Å²) in [5.74, 6) is -0.484. The third-order valence-electron chi connectivity index (χ3n) is 2.63. The molecule has 2 N–H and O–H groups in total. The number of halogens is 1. The number of hydrogen-bond donors (Lipinski definition) is 2. The lowest BCUT2D eigenvalue weighted by atomic mass is 10.2. The van der Waals surface area contributed by atoms with Crippen molar-refractivity contribution in [2.75, 3.05) is 6.54 Å². The molecule has 0 radical (unpaired) electrons. The van der Waals surface area contributed by atoms with E-state index in [1.165, 1.54) is 11.3 Å². The second-order valence-electron chi connectivity index (χ2n) is 4.32. The molecule has 0 spiro atoms. The number of rotatable bonds is 5. The Morgan fingerprint density at radius 2 is 2.05 bits per heavy atom. The lowest BCUT2D eigenvalue weighted by Gasteiger charge is -2.07. The minimum Gasteiger partial charge on any atom is -0.348 e. The van der Waals surface area contributed by atoms with Crippen LogP contribution in [-0.4, -0.2) is 23.3 Å². The van der Waals surface area contributed by atoms with Gasteiger partial charge >= 0.3 is 0 Å². The van der Waals surface area contributed by atoms with Crippen molar-refractivity contribution in [1.29, 1.82) is 0 Å². The molecule has 0 aliphatic rings. The van der Waals surface area contributed by atoms with Crippen LogP contribution >= 0.6 is 33.9 Å². The first-order valence-corrected chi connectivity index (χ1v) is 8.22. The van der Waals surface area contributed by atoms with E-state index < -0.39 is 0 Å². The maximum Gasteiger partial charge on any atom is 0.252 e. The molecule has 21 heavy (non-hydrogen) atoms. The van der Waals surface area contributed by atoms with Crippen LogP contribution in [0.2, 0.25) is 0 Å². The van der Waals surface area contributed by atoms with Crippen molar-refractivity contribution < 1.29 is 9.59 Å². The molecule has 2 amide bonds. The summed E-state index contributed by atoms with van der Waals surface area (Å²) in [7, 11) is 0. The number of amides is 2. The average Bonchev–Trinajstić information content (AvgIpc) is 2.89. The van der Waals surface area contributed by atoms with E-state index in [1.54, 1.807) is 12.1 Å². The molecule has 0 saturated heterocycles. The molecular formula is C14H14IN3O2S. The topological polar surface area (TPSA) is 71.1 Å². The summed E-state index contributed by atoms with van der Waals surface area (Å²) in [5, 5.41) is 8.12. The SMILES string of the molecule is Cc1csc(CNC(=O)CNC(=O)c2ccccc2I)n1. The van der Waals surface area contributed by atoms with Gasteiger partial charge in [0.05, 0.1) is 18.7 Å². The largest absolute Gasteiger partial charge is 0.348 e. The van der Waals surface area contributed by atoms with Crippen molar-refractivity contribution in [2.24, 2.45) is 0 Å². The Morgan fingerprint density at radius 1 is 1.29 bits per heavy atom. The van der Waals surface area contributed by atoms with Crippen LogP contribution in [0.25, 0.3) is 0 Å². The number of hydrogen-bond acceptors (Lipinski definition) is 4. The molecule has 1 aromatic carbocycles. The molecular weight excluding hydrogens is 401 g/mol. The third kappa shape index (κ3) is 4.78. The molecule has 5 nitrogen and oxygen atoms in total. The molecule has 0 saturated carbocycles. The van der Waals surface area contributed by atoms with Crippen LogP contribution in [0.15, 0.2) is 29.6 Å². The smallest absolute Gasteiger partial charge is 0.252 e. The summed E-state index contributed by atoms with van der Waals surface area (Å²) in [6.45, 7) is 2.24. The Labute approximate surface area is 140 Å². The summed E-state index contributed by atoms with van der Waals surface area (Å²) in [5.41, 5.74) is 1.51. The maximum atomic E-state index is 11.9. The average molecular weight is 415 g/mol. The van der Waals surface area contributed by atoms with E-state index in [4.69, 9.17) is 0 Å². The second-order valence-corrected chi connectivity index (χ2v) is 6.43. The van der Waals surface area contributed by atoms with Gasteiger partial charge in [0.25, 0.3) is 5.91 Å². The van der Waals surface area contributed by atoms with Gasteiger partial charge in [0.2, 0.25) is 5.91 Å². The minimum atomic E-state index is -0.250. The zero-order valence-corrected chi connectivity index (χ0v) is 14.3. The van der Waals surface area contributed by atoms with Crippen molar-refractivity contribution in [2.45, 2.75) is 13.5 Å². The Balaban J connectivity index is 1.79. The zero-order valence-electron chi connectivity index (χ0n) is 11.4. The van der Waals surface area contributed by atoms with Crippen molar-refractivity contribution >= 4 is 45.7 Å². The highest BCUT2D eigenvalue weighted by molar-refractivity contribution is 14.1. The molecule has 1 aromatic heterocycles. The van der Waals surface area contributed by atoms with Crippen LogP contribution in [0.3, 0.4) is 0 Å². The van der Waals surface area contributed by atoms with Crippen LogP contribution in [0.4, 0.5) is 0 Å². The fraction of sp³-hybridized carbons (Fsp3) is 0.214. The summed E-state index contributed by atoms with van der Waals surface area (Å²) < 4.78 is 0.853. The number of carbonyl (C=O) groups is 2. The van der Waals surface area contributed by atoms with Gasteiger partial charge in [-0.25, -0.2) is 4.98 Å². The highest BCUT2D eigenvalue weighted by atomic mass is 127. The first-order valence-electron chi connectivity index (χ1n) is 6.26. The molecule has 2 rings (SSSR count). The molecule has 0 aliphatic heterocycles. The number of nitrogens with zero attached hydrogens (tertiary/aromatic N) is 1. The van der Waals surface area contributed by atoms with Crippen LogP contribution in [0.1, 0.15) is 21.1 Å². The number of aromatic nitrogens is 1. The van der Waals surface area contributed by atoms with Gasteiger partial charge in [-0.3, -0.25) is 9.59 Å². The van der Waals surface area contributed by atoms with Gasteiger partial charge in [0.15, 0.2) is 0 Å². The lowest BCUT2D eigenvalue weighted by molar-refractivity contribution is -0.120. The van der Waals surface area contributed by atoms with Gasteiger partial charge in [0.1, 0.15) is 5.01 Å². The number of thiazole rings is 1. The minimum absolute atomic E-state index is 0.0475. The standard InChI is InChI=1S/C14H14IN3O2S/c1-9-8-21-13(18-9)7-16-12(19)6-17-14(20)10-4-2-3-5-11(10)15/h2-5,8H,6-7H2,1H3,(H,16,19)(H,17,20). The van der Waals surface area contributed by atoms with Gasteiger partial charge in [-0.2, -0.15) is 0 Å². The van der Waals surface area contributed by atoms with Crippen molar-refractivity contribution in [3.05, 3.63) is 49.5 Å². The predicted molar refractivity (Wildman–Crippen MR) is 90.2 cm³/mol. The molecule has 7 heteroatoms. The van der Waals surface area contributed by atoms with Gasteiger partial charge in [0, 0.05) is 14.6 Å². The Bertz CT molecular complexity index is 657. The number of aryl methyl sites for hydroxylation is 1. The van der Waals surface area contributed by atoms with E-state index in [2.05, 4.69) is 38.2 Å². The molecule has 0 aliphatic carbocycles. The third-order valence-corrected chi connectivity index (χ3v) is 4.54. The molecule has 0 bridgehead atoms. The van der Waals surface area contributed by atoms with Gasteiger partial charge in [-0.1, -0.05) is 12.1 Å².